The van der Waals surface area contributed by atoms with Gasteiger partial charge in [-0.05, 0) is 56.0 Å². The Balaban J connectivity index is 1.58. The van der Waals surface area contributed by atoms with Crippen LogP contribution in [-0.2, 0) is 10.0 Å². The zero-order chi connectivity index (χ0) is 23.0. The zero-order valence-corrected chi connectivity index (χ0v) is 18.9. The first-order valence-corrected chi connectivity index (χ1v) is 12.1. The van der Waals surface area contributed by atoms with E-state index in [-0.39, 0.29) is 15.6 Å². The topological polar surface area (TPSA) is 92.3 Å². The summed E-state index contributed by atoms with van der Waals surface area (Å²) < 4.78 is 55.0. The SMILES string of the molecule is Cc1ccc(C)c(S(=O)(=O)N2CCCC2c2nnc(C(=O)Nc3ccc(F)cc3F)s2)c1. The number of carbonyl (C=O) groups is 1. The number of carbonyl (C=O) groups excluding carboxylic acids is 1. The molecule has 0 saturated carbocycles. The third-order valence-electron chi connectivity index (χ3n) is 5.23. The van der Waals surface area contributed by atoms with Crippen molar-refractivity contribution in [1.29, 1.82) is 0 Å². The van der Waals surface area contributed by atoms with Crippen LogP contribution in [0, 0.1) is 25.5 Å². The summed E-state index contributed by atoms with van der Waals surface area (Å²) in [5.41, 5.74) is 1.31. The first kappa shape index (κ1) is 22.4. The standard InChI is InChI=1S/C21H20F2N4O3S2/c1-12-5-6-13(2)18(10-12)32(29,30)27-9-3-4-17(27)20-25-26-21(31-20)19(28)24-16-8-7-14(22)11-15(16)23/h5-8,10-11,17H,3-4,9H2,1-2H3,(H,24,28). The molecule has 11 heteroatoms. The van der Waals surface area contributed by atoms with Gasteiger partial charge in [0.15, 0.2) is 0 Å². The molecule has 1 unspecified atom stereocenters. The number of nitrogens with one attached hydrogen (secondary N) is 1. The van der Waals surface area contributed by atoms with Gasteiger partial charge in [-0.1, -0.05) is 23.5 Å². The fraction of sp³-hybridized carbons (Fsp3) is 0.286. The van der Waals surface area contributed by atoms with Gasteiger partial charge in [-0.3, -0.25) is 4.79 Å². The van der Waals surface area contributed by atoms with Gasteiger partial charge in [-0.15, -0.1) is 10.2 Å². The molecule has 1 aliphatic heterocycles. The number of hydrogen-bond acceptors (Lipinski definition) is 6. The lowest BCUT2D eigenvalue weighted by atomic mass is 10.2. The van der Waals surface area contributed by atoms with Crippen LogP contribution >= 0.6 is 11.3 Å². The maximum absolute atomic E-state index is 13.8. The molecule has 2 aromatic carbocycles. The van der Waals surface area contributed by atoms with Crippen LogP contribution in [-0.4, -0.2) is 35.4 Å². The van der Waals surface area contributed by atoms with Crippen molar-refractivity contribution in [1.82, 2.24) is 14.5 Å². The van der Waals surface area contributed by atoms with Crippen molar-refractivity contribution in [3.05, 3.63) is 69.2 Å². The summed E-state index contributed by atoms with van der Waals surface area (Å²) in [6, 6.07) is 7.54. The van der Waals surface area contributed by atoms with E-state index in [0.717, 1.165) is 29.0 Å². The highest BCUT2D eigenvalue weighted by atomic mass is 32.2. The molecule has 3 aromatic rings. The third kappa shape index (κ3) is 4.27. The van der Waals surface area contributed by atoms with Crippen molar-refractivity contribution in [2.45, 2.75) is 37.6 Å². The van der Waals surface area contributed by atoms with Crippen LogP contribution in [0.15, 0.2) is 41.3 Å². The van der Waals surface area contributed by atoms with Gasteiger partial charge < -0.3 is 5.32 Å². The molecular formula is C21H20F2N4O3S2. The van der Waals surface area contributed by atoms with Crippen molar-refractivity contribution in [2.75, 3.05) is 11.9 Å². The molecule has 2 heterocycles. The van der Waals surface area contributed by atoms with E-state index < -0.39 is 33.6 Å². The van der Waals surface area contributed by atoms with Crippen LogP contribution in [0.5, 0.6) is 0 Å². The number of aryl methyl sites for hydroxylation is 2. The second kappa shape index (κ2) is 8.64. The van der Waals surface area contributed by atoms with Crippen molar-refractivity contribution in [3.63, 3.8) is 0 Å². The molecule has 32 heavy (non-hydrogen) atoms. The average molecular weight is 479 g/mol. The second-order valence-electron chi connectivity index (χ2n) is 7.57. The molecule has 168 valence electrons. The molecule has 0 spiro atoms. The van der Waals surface area contributed by atoms with E-state index in [2.05, 4.69) is 15.5 Å². The van der Waals surface area contributed by atoms with Crippen LogP contribution in [0.2, 0.25) is 0 Å². The summed E-state index contributed by atoms with van der Waals surface area (Å²) in [5.74, 6) is -2.38. The molecule has 4 rings (SSSR count). The molecule has 1 N–H and O–H groups in total. The Morgan fingerprint density at radius 1 is 1.16 bits per heavy atom. The Hall–Kier alpha value is -2.76. The highest BCUT2D eigenvalue weighted by Crippen LogP contribution is 2.38. The maximum atomic E-state index is 13.8. The number of sulfonamides is 1. The number of amides is 1. The average Bonchev–Trinajstić information content (AvgIpc) is 3.41. The number of halogens is 2. The summed E-state index contributed by atoms with van der Waals surface area (Å²) in [7, 11) is -3.77. The Bertz CT molecular complexity index is 1290. The van der Waals surface area contributed by atoms with E-state index in [1.807, 2.05) is 13.0 Å². The van der Waals surface area contributed by atoms with Crippen molar-refractivity contribution in [3.8, 4) is 0 Å². The lowest BCUT2D eigenvalue weighted by Crippen LogP contribution is -2.31. The lowest BCUT2D eigenvalue weighted by molar-refractivity contribution is 0.102. The quantitative estimate of drug-likeness (QED) is 0.593. The van der Waals surface area contributed by atoms with Gasteiger partial charge in [0.05, 0.1) is 16.6 Å². The Kier molecular flexibility index (Phi) is 6.06. The highest BCUT2D eigenvalue weighted by molar-refractivity contribution is 7.89. The summed E-state index contributed by atoms with van der Waals surface area (Å²) in [6.45, 7) is 3.92. The van der Waals surface area contributed by atoms with E-state index in [9.17, 15) is 22.0 Å². The largest absolute Gasteiger partial charge is 0.317 e. The monoisotopic (exact) mass is 478 g/mol. The van der Waals surface area contributed by atoms with Crippen molar-refractivity contribution in [2.24, 2.45) is 0 Å². The summed E-state index contributed by atoms with van der Waals surface area (Å²) >= 11 is 0.952. The summed E-state index contributed by atoms with van der Waals surface area (Å²) in [5, 5.41) is 10.6. The minimum Gasteiger partial charge on any atom is -0.317 e. The molecule has 1 saturated heterocycles. The normalized spacial score (nSPS) is 16.9. The fourth-order valence-corrected chi connectivity index (χ4v) is 6.54. The van der Waals surface area contributed by atoms with E-state index in [0.29, 0.717) is 36.0 Å². The van der Waals surface area contributed by atoms with Gasteiger partial charge >= 0.3 is 0 Å². The smallest absolute Gasteiger partial charge is 0.286 e. The van der Waals surface area contributed by atoms with Crippen LogP contribution in [0.25, 0.3) is 0 Å². The third-order valence-corrected chi connectivity index (χ3v) is 8.31. The molecule has 0 bridgehead atoms. The molecule has 1 atom stereocenters. The number of aromatic nitrogens is 2. The van der Waals surface area contributed by atoms with Gasteiger partial charge in [0, 0.05) is 12.6 Å². The molecule has 1 amide bonds. The Morgan fingerprint density at radius 3 is 2.69 bits per heavy atom. The Labute approximate surface area is 188 Å². The minimum atomic E-state index is -3.77. The Morgan fingerprint density at radius 2 is 1.94 bits per heavy atom. The van der Waals surface area contributed by atoms with E-state index in [4.69, 9.17) is 0 Å². The lowest BCUT2D eigenvalue weighted by Gasteiger charge is -2.23. The van der Waals surface area contributed by atoms with Crippen LogP contribution in [0.3, 0.4) is 0 Å². The molecular weight excluding hydrogens is 458 g/mol. The van der Waals surface area contributed by atoms with Crippen LogP contribution in [0.1, 0.15) is 44.8 Å². The van der Waals surface area contributed by atoms with E-state index in [1.54, 1.807) is 19.1 Å². The van der Waals surface area contributed by atoms with Gasteiger partial charge in [0.25, 0.3) is 5.91 Å². The maximum Gasteiger partial charge on any atom is 0.286 e. The molecule has 1 fully saturated rings. The molecule has 1 aliphatic rings. The molecule has 0 aliphatic carbocycles. The second-order valence-corrected chi connectivity index (χ2v) is 10.4. The van der Waals surface area contributed by atoms with Crippen LogP contribution in [0.4, 0.5) is 14.5 Å². The van der Waals surface area contributed by atoms with Crippen molar-refractivity contribution >= 4 is 33.0 Å². The van der Waals surface area contributed by atoms with E-state index in [1.165, 1.54) is 4.31 Å². The number of benzene rings is 2. The highest BCUT2D eigenvalue weighted by Gasteiger charge is 2.39. The van der Waals surface area contributed by atoms with Gasteiger partial charge in [-0.25, -0.2) is 17.2 Å². The first-order chi connectivity index (χ1) is 15.2. The number of anilines is 1. The molecule has 0 radical (unpaired) electrons. The van der Waals surface area contributed by atoms with Gasteiger partial charge in [-0.2, -0.15) is 4.31 Å². The number of nitrogens with zero attached hydrogens (tertiary/aromatic N) is 3. The summed E-state index contributed by atoms with van der Waals surface area (Å²) in [4.78, 5) is 12.7. The summed E-state index contributed by atoms with van der Waals surface area (Å²) in [6.07, 6.45) is 1.20. The van der Waals surface area contributed by atoms with Crippen molar-refractivity contribution < 1.29 is 22.0 Å². The molecule has 1 aromatic heterocycles. The first-order valence-electron chi connectivity index (χ1n) is 9.85. The predicted octanol–water partition coefficient (Wildman–Crippen LogP) is 4.21. The number of hydrogen-bond donors (Lipinski definition) is 1. The van der Waals surface area contributed by atoms with Gasteiger partial charge in [0.2, 0.25) is 15.0 Å². The zero-order valence-electron chi connectivity index (χ0n) is 17.3. The van der Waals surface area contributed by atoms with Gasteiger partial charge in [0.1, 0.15) is 16.6 Å². The number of rotatable bonds is 5. The van der Waals surface area contributed by atoms with Crippen LogP contribution < -0.4 is 5.32 Å². The molecule has 7 nitrogen and oxygen atoms in total. The predicted molar refractivity (Wildman–Crippen MR) is 116 cm³/mol. The van der Waals surface area contributed by atoms with E-state index >= 15 is 0 Å². The minimum absolute atomic E-state index is 0.0419. The fourth-order valence-electron chi connectivity index (χ4n) is 3.61.